The molecule has 30 heavy (non-hydrogen) atoms. The molecular weight excluding hydrogens is 385 g/mol. The van der Waals surface area contributed by atoms with Crippen LogP contribution in [0, 0.1) is 26.6 Å². The Balaban J connectivity index is 1.74. The maximum atomic E-state index is 13.5. The second kappa shape index (κ2) is 9.10. The van der Waals surface area contributed by atoms with Crippen LogP contribution in [0.1, 0.15) is 63.4 Å². The molecule has 0 bridgehead atoms. The van der Waals surface area contributed by atoms with Crippen LogP contribution in [0.4, 0.5) is 10.1 Å². The summed E-state index contributed by atoms with van der Waals surface area (Å²) in [5.74, 6) is -0.714. The number of nitrogens with one attached hydrogen (secondary N) is 2. The number of ketones is 1. The van der Waals surface area contributed by atoms with E-state index >= 15 is 0 Å². The molecule has 1 saturated carbocycles. The van der Waals surface area contributed by atoms with Gasteiger partial charge in [-0.05, 0) is 75.8 Å². The summed E-state index contributed by atoms with van der Waals surface area (Å²) in [6.07, 6.45) is 2.97. The van der Waals surface area contributed by atoms with Crippen molar-refractivity contribution in [2.75, 3.05) is 11.9 Å². The number of hydrogen-bond donors (Lipinski definition) is 3. The van der Waals surface area contributed by atoms with Gasteiger partial charge in [0.25, 0.3) is 5.91 Å². The Labute approximate surface area is 176 Å². The molecule has 1 heterocycles. The minimum Gasteiger partial charge on any atom is -0.393 e. The Morgan fingerprint density at radius 2 is 1.83 bits per heavy atom. The van der Waals surface area contributed by atoms with Gasteiger partial charge in [-0.1, -0.05) is 0 Å². The van der Waals surface area contributed by atoms with Crippen LogP contribution >= 0.6 is 0 Å². The fourth-order valence-electron chi connectivity index (χ4n) is 4.22. The maximum Gasteiger partial charge on any atom is 0.257 e. The van der Waals surface area contributed by atoms with Crippen molar-refractivity contribution in [3.63, 3.8) is 0 Å². The summed E-state index contributed by atoms with van der Waals surface area (Å²) in [6, 6.07) is 4.65. The van der Waals surface area contributed by atoms with E-state index < -0.39 is 0 Å². The van der Waals surface area contributed by atoms with E-state index in [0.29, 0.717) is 33.8 Å². The molecule has 7 heteroatoms. The number of aromatic nitrogens is 1. The standard InChI is InChI=1S/C23H30FN3O3/c1-13-11-17(7-10-19(13)24)26-23(30)21-14(2)22(27(4)15(21)3)20(29)12-25-16-5-8-18(28)9-6-16/h7,10-11,16,18,25,28H,5-6,8-9,12H2,1-4H3,(H,26,30)/t16-,18+. The zero-order chi connectivity index (χ0) is 22.0. The first-order chi connectivity index (χ1) is 14.2. The molecule has 1 aromatic carbocycles. The number of anilines is 1. The Kier molecular flexibility index (Phi) is 6.73. The molecule has 0 unspecified atom stereocenters. The summed E-state index contributed by atoms with van der Waals surface area (Å²) in [4.78, 5) is 25.8. The summed E-state index contributed by atoms with van der Waals surface area (Å²) in [7, 11) is 1.78. The van der Waals surface area contributed by atoms with Crippen LogP contribution in [0.25, 0.3) is 0 Å². The van der Waals surface area contributed by atoms with Crippen LogP contribution < -0.4 is 10.6 Å². The van der Waals surface area contributed by atoms with Crippen LogP contribution in [0.3, 0.4) is 0 Å². The quantitative estimate of drug-likeness (QED) is 0.632. The van der Waals surface area contributed by atoms with E-state index in [1.807, 2.05) is 6.92 Å². The van der Waals surface area contributed by atoms with Gasteiger partial charge in [-0.3, -0.25) is 9.59 Å². The summed E-state index contributed by atoms with van der Waals surface area (Å²) in [5.41, 5.74) is 3.27. The molecular formula is C23H30FN3O3. The molecule has 0 saturated heterocycles. The van der Waals surface area contributed by atoms with Crippen molar-refractivity contribution in [2.24, 2.45) is 7.05 Å². The van der Waals surface area contributed by atoms with Crippen molar-refractivity contribution >= 4 is 17.4 Å². The summed E-state index contributed by atoms with van der Waals surface area (Å²) in [5, 5.41) is 15.7. The molecule has 1 amide bonds. The molecule has 1 aliphatic rings. The second-order valence-electron chi connectivity index (χ2n) is 8.22. The van der Waals surface area contributed by atoms with E-state index in [2.05, 4.69) is 10.6 Å². The van der Waals surface area contributed by atoms with Crippen molar-refractivity contribution < 1.29 is 19.1 Å². The molecule has 1 aliphatic carbocycles. The average molecular weight is 416 g/mol. The Bertz CT molecular complexity index is 959. The first-order valence-electron chi connectivity index (χ1n) is 10.4. The third kappa shape index (κ3) is 4.63. The molecule has 0 aliphatic heterocycles. The molecule has 6 nitrogen and oxygen atoms in total. The lowest BCUT2D eigenvalue weighted by Gasteiger charge is -2.26. The molecule has 2 aromatic rings. The number of aliphatic hydroxyl groups is 1. The van der Waals surface area contributed by atoms with Gasteiger partial charge >= 0.3 is 0 Å². The molecule has 0 radical (unpaired) electrons. The highest BCUT2D eigenvalue weighted by molar-refractivity contribution is 6.09. The highest BCUT2D eigenvalue weighted by Crippen LogP contribution is 2.24. The maximum absolute atomic E-state index is 13.5. The molecule has 3 rings (SSSR count). The number of carbonyl (C=O) groups is 2. The van der Waals surface area contributed by atoms with E-state index in [-0.39, 0.29) is 36.2 Å². The predicted molar refractivity (Wildman–Crippen MR) is 115 cm³/mol. The lowest BCUT2D eigenvalue weighted by Crippen LogP contribution is -2.38. The number of benzene rings is 1. The SMILES string of the molecule is Cc1cc(NC(=O)c2c(C)c(C(=O)CN[C@H]3CC[C@@H](O)CC3)n(C)c2C)ccc1F. The number of rotatable bonds is 6. The third-order valence-corrected chi connectivity index (χ3v) is 6.09. The van der Waals surface area contributed by atoms with Crippen LogP contribution in [-0.2, 0) is 7.05 Å². The zero-order valence-corrected chi connectivity index (χ0v) is 18.0. The van der Waals surface area contributed by atoms with Gasteiger partial charge in [-0.25, -0.2) is 4.39 Å². The van der Waals surface area contributed by atoms with Gasteiger partial charge in [0.2, 0.25) is 0 Å². The van der Waals surface area contributed by atoms with Gasteiger partial charge in [-0.15, -0.1) is 0 Å². The van der Waals surface area contributed by atoms with E-state index in [4.69, 9.17) is 0 Å². The number of aliphatic hydroxyl groups excluding tert-OH is 1. The minimum atomic E-state index is -0.326. The second-order valence-corrected chi connectivity index (χ2v) is 8.22. The molecule has 0 atom stereocenters. The number of nitrogens with zero attached hydrogens (tertiary/aromatic N) is 1. The number of amides is 1. The fraction of sp³-hybridized carbons (Fsp3) is 0.478. The zero-order valence-electron chi connectivity index (χ0n) is 18.0. The Hall–Kier alpha value is -2.51. The largest absolute Gasteiger partial charge is 0.393 e. The van der Waals surface area contributed by atoms with E-state index in [9.17, 15) is 19.1 Å². The lowest BCUT2D eigenvalue weighted by molar-refractivity contribution is 0.0956. The number of Topliss-reactive ketones (excluding diaryl/α,β-unsaturated/α-hetero) is 1. The monoisotopic (exact) mass is 415 g/mol. The van der Waals surface area contributed by atoms with E-state index in [0.717, 1.165) is 25.7 Å². The highest BCUT2D eigenvalue weighted by atomic mass is 19.1. The van der Waals surface area contributed by atoms with Crippen LogP contribution in [0.15, 0.2) is 18.2 Å². The van der Waals surface area contributed by atoms with Crippen LogP contribution in [-0.4, -0.2) is 40.1 Å². The van der Waals surface area contributed by atoms with Crippen molar-refractivity contribution in [3.05, 3.63) is 52.1 Å². The molecule has 1 aromatic heterocycles. The summed E-state index contributed by atoms with van der Waals surface area (Å²) >= 11 is 0. The van der Waals surface area contributed by atoms with Crippen molar-refractivity contribution in [1.82, 2.24) is 9.88 Å². The Morgan fingerprint density at radius 3 is 2.47 bits per heavy atom. The lowest BCUT2D eigenvalue weighted by atomic mass is 9.93. The summed E-state index contributed by atoms with van der Waals surface area (Å²) < 4.78 is 15.2. The third-order valence-electron chi connectivity index (χ3n) is 6.09. The molecule has 0 spiro atoms. The van der Waals surface area contributed by atoms with Gasteiger partial charge < -0.3 is 20.3 Å². The minimum absolute atomic E-state index is 0.0686. The number of hydrogen-bond acceptors (Lipinski definition) is 4. The topological polar surface area (TPSA) is 83.4 Å². The van der Waals surface area contributed by atoms with Gasteiger partial charge in [0, 0.05) is 24.5 Å². The van der Waals surface area contributed by atoms with Crippen molar-refractivity contribution in [1.29, 1.82) is 0 Å². The molecule has 162 valence electrons. The molecule has 3 N–H and O–H groups in total. The number of carbonyl (C=O) groups excluding carboxylic acids is 2. The average Bonchev–Trinajstić information content (AvgIpc) is 2.92. The van der Waals surface area contributed by atoms with Crippen molar-refractivity contribution in [3.8, 4) is 0 Å². The van der Waals surface area contributed by atoms with Gasteiger partial charge in [0.05, 0.1) is 23.9 Å². The van der Waals surface area contributed by atoms with Gasteiger partial charge in [0.1, 0.15) is 5.82 Å². The summed E-state index contributed by atoms with van der Waals surface area (Å²) in [6.45, 7) is 5.42. The number of aryl methyl sites for hydroxylation is 1. The van der Waals surface area contributed by atoms with Gasteiger partial charge in [0.15, 0.2) is 5.78 Å². The van der Waals surface area contributed by atoms with E-state index in [1.54, 1.807) is 31.5 Å². The predicted octanol–water partition coefficient (Wildman–Crippen LogP) is 3.42. The van der Waals surface area contributed by atoms with E-state index in [1.165, 1.54) is 12.1 Å². The first-order valence-corrected chi connectivity index (χ1v) is 10.4. The fourth-order valence-corrected chi connectivity index (χ4v) is 4.22. The van der Waals surface area contributed by atoms with Crippen molar-refractivity contribution in [2.45, 2.75) is 58.6 Å². The smallest absolute Gasteiger partial charge is 0.257 e. The van der Waals surface area contributed by atoms with Crippen LogP contribution in [0.2, 0.25) is 0 Å². The molecule has 1 fully saturated rings. The van der Waals surface area contributed by atoms with Gasteiger partial charge in [-0.2, -0.15) is 0 Å². The van der Waals surface area contributed by atoms with Crippen LogP contribution in [0.5, 0.6) is 0 Å². The normalized spacial score (nSPS) is 19.0. The highest BCUT2D eigenvalue weighted by Gasteiger charge is 2.26. The first kappa shape index (κ1) is 22.2. The number of halogens is 1. The Morgan fingerprint density at radius 1 is 1.17 bits per heavy atom.